The zero-order valence-corrected chi connectivity index (χ0v) is 12.7. The van der Waals surface area contributed by atoms with Crippen molar-refractivity contribution in [1.29, 1.82) is 0 Å². The van der Waals surface area contributed by atoms with Gasteiger partial charge in [0.25, 0.3) is 0 Å². The fourth-order valence-electron chi connectivity index (χ4n) is 1.95. The van der Waals surface area contributed by atoms with Gasteiger partial charge in [0.1, 0.15) is 0 Å². The number of benzene rings is 1. The van der Waals surface area contributed by atoms with E-state index in [1.54, 1.807) is 18.2 Å². The molecule has 3 nitrogen and oxygen atoms in total. The normalized spacial score (nSPS) is 16.8. The number of nitrogens with one attached hydrogen (secondary N) is 1. The number of hydrogen-bond donors (Lipinski definition) is 2. The zero-order valence-electron chi connectivity index (χ0n) is 9.50. The van der Waals surface area contributed by atoms with Crippen LogP contribution in [0.3, 0.4) is 0 Å². The molecule has 0 unspecified atom stereocenters. The van der Waals surface area contributed by atoms with E-state index >= 15 is 0 Å². The number of carbonyl (C=O) groups is 1. The van der Waals surface area contributed by atoms with Crippen LogP contribution in [0.2, 0.25) is 5.02 Å². The SMILES string of the molecule is NC(=S)C1(C(=O)Nc2cc(Cl)ccc2Br)CCC1. The summed E-state index contributed by atoms with van der Waals surface area (Å²) in [7, 11) is 0. The lowest BCUT2D eigenvalue weighted by atomic mass is 9.68. The second-order valence-corrected chi connectivity index (χ2v) is 6.11. The van der Waals surface area contributed by atoms with E-state index < -0.39 is 5.41 Å². The van der Waals surface area contributed by atoms with Crippen molar-refractivity contribution in [2.45, 2.75) is 19.3 Å². The van der Waals surface area contributed by atoms with Crippen molar-refractivity contribution >= 4 is 56.3 Å². The maximum atomic E-state index is 12.3. The number of nitrogens with two attached hydrogens (primary N) is 1. The van der Waals surface area contributed by atoms with Gasteiger partial charge in [-0.1, -0.05) is 30.2 Å². The molecule has 0 aromatic heterocycles. The Hall–Kier alpha value is -0.650. The van der Waals surface area contributed by atoms with Crippen molar-refractivity contribution in [1.82, 2.24) is 0 Å². The quantitative estimate of drug-likeness (QED) is 0.823. The van der Waals surface area contributed by atoms with Crippen molar-refractivity contribution < 1.29 is 4.79 Å². The van der Waals surface area contributed by atoms with Gasteiger partial charge < -0.3 is 11.1 Å². The Kier molecular flexibility index (Phi) is 3.94. The lowest BCUT2D eigenvalue weighted by Gasteiger charge is -2.39. The van der Waals surface area contributed by atoms with Gasteiger partial charge in [-0.15, -0.1) is 0 Å². The summed E-state index contributed by atoms with van der Waals surface area (Å²) in [5.74, 6) is -0.149. The van der Waals surface area contributed by atoms with Crippen LogP contribution >= 0.6 is 39.7 Å². The summed E-state index contributed by atoms with van der Waals surface area (Å²) in [5, 5.41) is 3.40. The summed E-state index contributed by atoms with van der Waals surface area (Å²) in [6, 6.07) is 5.22. The van der Waals surface area contributed by atoms with E-state index in [1.807, 2.05) is 0 Å². The van der Waals surface area contributed by atoms with Gasteiger partial charge in [0.15, 0.2) is 0 Å². The topological polar surface area (TPSA) is 55.1 Å². The monoisotopic (exact) mass is 346 g/mol. The van der Waals surface area contributed by atoms with Crippen LogP contribution < -0.4 is 11.1 Å². The van der Waals surface area contributed by atoms with Crippen LogP contribution in [0.1, 0.15) is 19.3 Å². The maximum Gasteiger partial charge on any atom is 0.237 e. The minimum Gasteiger partial charge on any atom is -0.392 e. The number of thiocarbonyl (C=S) groups is 1. The fraction of sp³-hybridized carbons (Fsp3) is 0.333. The summed E-state index contributed by atoms with van der Waals surface area (Å²) in [6.07, 6.45) is 2.40. The fourth-order valence-corrected chi connectivity index (χ4v) is 2.77. The van der Waals surface area contributed by atoms with Crippen LogP contribution in [-0.2, 0) is 4.79 Å². The Bertz CT molecular complexity index is 517. The highest BCUT2D eigenvalue weighted by molar-refractivity contribution is 9.10. The molecule has 6 heteroatoms. The molecule has 3 N–H and O–H groups in total. The van der Waals surface area contributed by atoms with Crippen molar-refractivity contribution in [3.8, 4) is 0 Å². The zero-order chi connectivity index (χ0) is 13.3. The van der Waals surface area contributed by atoms with Gasteiger partial charge >= 0.3 is 0 Å². The first-order valence-electron chi connectivity index (χ1n) is 5.52. The van der Waals surface area contributed by atoms with Gasteiger partial charge in [0, 0.05) is 9.50 Å². The molecule has 1 aliphatic carbocycles. The van der Waals surface area contributed by atoms with Gasteiger partial charge in [0.2, 0.25) is 5.91 Å². The number of amides is 1. The molecule has 0 heterocycles. The molecule has 0 bridgehead atoms. The highest BCUT2D eigenvalue weighted by Gasteiger charge is 2.47. The molecule has 96 valence electrons. The third-order valence-electron chi connectivity index (χ3n) is 3.29. The summed E-state index contributed by atoms with van der Waals surface area (Å²) >= 11 is 14.3. The highest BCUT2D eigenvalue weighted by atomic mass is 79.9. The predicted octanol–water partition coefficient (Wildman–Crippen LogP) is 3.50. The molecular weight excluding hydrogens is 336 g/mol. The van der Waals surface area contributed by atoms with Gasteiger partial charge in [-0.2, -0.15) is 0 Å². The van der Waals surface area contributed by atoms with Crippen molar-refractivity contribution in [3.05, 3.63) is 27.7 Å². The molecular formula is C12H12BrClN2OS. The summed E-state index contributed by atoms with van der Waals surface area (Å²) < 4.78 is 0.776. The lowest BCUT2D eigenvalue weighted by Crippen LogP contribution is -2.50. The molecule has 0 saturated heterocycles. The third-order valence-corrected chi connectivity index (χ3v) is 4.61. The molecule has 0 atom stereocenters. The molecule has 1 fully saturated rings. The van der Waals surface area contributed by atoms with Crippen LogP contribution in [0.4, 0.5) is 5.69 Å². The Morgan fingerprint density at radius 2 is 2.17 bits per heavy atom. The molecule has 0 radical (unpaired) electrons. The predicted molar refractivity (Wildman–Crippen MR) is 80.9 cm³/mol. The number of halogens is 2. The molecule has 0 spiro atoms. The second-order valence-electron chi connectivity index (χ2n) is 4.38. The second kappa shape index (κ2) is 5.15. The Labute approximate surface area is 124 Å². The van der Waals surface area contributed by atoms with Gasteiger partial charge in [-0.05, 0) is 47.0 Å². The largest absolute Gasteiger partial charge is 0.392 e. The first kappa shape index (κ1) is 13.8. The average molecular weight is 348 g/mol. The Balaban J connectivity index is 2.21. The third kappa shape index (κ3) is 2.39. The first-order valence-corrected chi connectivity index (χ1v) is 7.10. The van der Waals surface area contributed by atoms with E-state index in [9.17, 15) is 4.79 Å². The average Bonchev–Trinajstić information content (AvgIpc) is 2.21. The molecule has 2 rings (SSSR count). The smallest absolute Gasteiger partial charge is 0.237 e. The number of anilines is 1. The minimum atomic E-state index is -0.683. The van der Waals surface area contributed by atoms with Crippen molar-refractivity contribution in [2.24, 2.45) is 11.1 Å². The summed E-state index contributed by atoms with van der Waals surface area (Å²) in [5.41, 5.74) is 5.64. The van der Waals surface area contributed by atoms with E-state index in [0.717, 1.165) is 10.9 Å². The molecule has 1 saturated carbocycles. The van der Waals surface area contributed by atoms with Gasteiger partial charge in [-0.3, -0.25) is 4.79 Å². The molecule has 1 amide bonds. The van der Waals surface area contributed by atoms with Crippen LogP contribution in [0, 0.1) is 5.41 Å². The molecule has 1 aromatic carbocycles. The Morgan fingerprint density at radius 3 is 2.67 bits per heavy atom. The van der Waals surface area contributed by atoms with E-state index in [0.29, 0.717) is 23.6 Å². The van der Waals surface area contributed by atoms with Gasteiger partial charge in [-0.25, -0.2) is 0 Å². The summed E-state index contributed by atoms with van der Waals surface area (Å²) in [6.45, 7) is 0. The molecule has 0 aliphatic heterocycles. The van der Waals surface area contributed by atoms with E-state index in [1.165, 1.54) is 0 Å². The highest BCUT2D eigenvalue weighted by Crippen LogP contribution is 2.42. The van der Waals surface area contributed by atoms with Gasteiger partial charge in [0.05, 0.1) is 16.1 Å². The lowest BCUT2D eigenvalue weighted by molar-refractivity contribution is -0.125. The molecule has 1 aliphatic rings. The Morgan fingerprint density at radius 1 is 1.50 bits per heavy atom. The van der Waals surface area contributed by atoms with Crippen molar-refractivity contribution in [2.75, 3.05) is 5.32 Å². The van der Waals surface area contributed by atoms with Crippen LogP contribution in [0.15, 0.2) is 22.7 Å². The van der Waals surface area contributed by atoms with Crippen LogP contribution in [0.5, 0.6) is 0 Å². The number of carbonyl (C=O) groups excluding carboxylic acids is 1. The maximum absolute atomic E-state index is 12.3. The molecule has 1 aromatic rings. The summed E-state index contributed by atoms with van der Waals surface area (Å²) in [4.78, 5) is 12.5. The van der Waals surface area contributed by atoms with E-state index in [-0.39, 0.29) is 10.9 Å². The van der Waals surface area contributed by atoms with E-state index in [2.05, 4.69) is 21.2 Å². The standard InChI is InChI=1S/C12H12BrClN2OS/c13-8-3-2-7(14)6-9(8)16-11(17)12(10(15)18)4-1-5-12/h2-3,6H,1,4-5H2,(H2,15,18)(H,16,17). The number of hydrogen-bond acceptors (Lipinski definition) is 2. The van der Waals surface area contributed by atoms with E-state index in [4.69, 9.17) is 29.6 Å². The number of rotatable bonds is 3. The van der Waals surface area contributed by atoms with Crippen LogP contribution in [0.25, 0.3) is 0 Å². The minimum absolute atomic E-state index is 0.149. The first-order chi connectivity index (χ1) is 8.45. The van der Waals surface area contributed by atoms with Crippen molar-refractivity contribution in [3.63, 3.8) is 0 Å². The van der Waals surface area contributed by atoms with Crippen LogP contribution in [-0.4, -0.2) is 10.9 Å². The molecule has 18 heavy (non-hydrogen) atoms.